The highest BCUT2D eigenvalue weighted by Crippen LogP contribution is 2.33. The van der Waals surface area contributed by atoms with Crippen LogP contribution in [0.5, 0.6) is 5.75 Å². The largest absolute Gasteiger partial charge is 0.506 e. The Balaban J connectivity index is 1.46. The van der Waals surface area contributed by atoms with Gasteiger partial charge in [-0.3, -0.25) is 9.69 Å². The zero-order chi connectivity index (χ0) is 21.3. The smallest absolute Gasteiger partial charge is 0.249 e. The minimum atomic E-state index is -0.677. The lowest BCUT2D eigenvalue weighted by Gasteiger charge is -2.31. The summed E-state index contributed by atoms with van der Waals surface area (Å²) in [6.45, 7) is 1.83. The number of nitrogens with two attached hydrogens (primary N) is 1. The molecule has 1 aliphatic heterocycles. The number of aromatic nitrogens is 1. The number of amides is 1. The predicted octanol–water partition coefficient (Wildman–Crippen LogP) is 2.47. The number of fused-ring (bicyclic) bond motifs is 1. The van der Waals surface area contributed by atoms with Crippen molar-refractivity contribution in [2.24, 2.45) is 5.73 Å². The number of aromatic hydroxyl groups is 1. The lowest BCUT2D eigenvalue weighted by atomic mass is 9.92. The standard InChI is InChI=1S/C22H27ClN4O3/c23-20-16-7-9-27(11-13(16)4-5-19(20)29)12-15(28)10-18-17(21(24)30)6-8-25-22(18)26-14-2-1-3-14/h4-6,8,14-15,28-29H,1-3,7,9-12H2,(H2,24,30)(H,25,26)/t15-/m0/s1. The Kier molecular flexibility index (Phi) is 6.13. The molecule has 1 aromatic heterocycles. The molecular weight excluding hydrogens is 404 g/mol. The molecule has 5 N–H and O–H groups in total. The number of aliphatic hydroxyl groups is 1. The molecule has 8 heteroatoms. The molecule has 0 bridgehead atoms. The van der Waals surface area contributed by atoms with Crippen LogP contribution in [0.4, 0.5) is 5.82 Å². The second-order valence-corrected chi connectivity index (χ2v) is 8.58. The van der Waals surface area contributed by atoms with E-state index in [-0.39, 0.29) is 5.75 Å². The lowest BCUT2D eigenvalue weighted by Crippen LogP contribution is -2.38. The number of primary amides is 1. The molecule has 0 spiro atoms. The summed E-state index contributed by atoms with van der Waals surface area (Å²) in [5.41, 5.74) is 8.68. The molecule has 160 valence electrons. The van der Waals surface area contributed by atoms with E-state index in [1.165, 1.54) is 6.42 Å². The number of carbonyl (C=O) groups is 1. The number of hydrogen-bond acceptors (Lipinski definition) is 6. The van der Waals surface area contributed by atoms with Crippen LogP contribution in [0.3, 0.4) is 0 Å². The Morgan fingerprint density at radius 2 is 2.17 bits per heavy atom. The van der Waals surface area contributed by atoms with Crippen molar-refractivity contribution in [3.8, 4) is 5.75 Å². The van der Waals surface area contributed by atoms with Crippen molar-refractivity contribution in [1.82, 2.24) is 9.88 Å². The zero-order valence-electron chi connectivity index (χ0n) is 16.8. The van der Waals surface area contributed by atoms with Gasteiger partial charge in [0.25, 0.3) is 0 Å². The third-order valence-corrected chi connectivity index (χ3v) is 6.49. The maximum absolute atomic E-state index is 12.0. The highest BCUT2D eigenvalue weighted by molar-refractivity contribution is 6.32. The molecule has 1 amide bonds. The van der Waals surface area contributed by atoms with Crippen LogP contribution in [0, 0.1) is 0 Å². The van der Waals surface area contributed by atoms with E-state index in [4.69, 9.17) is 17.3 Å². The number of halogens is 1. The first kappa shape index (κ1) is 20.9. The van der Waals surface area contributed by atoms with Gasteiger partial charge in [-0.15, -0.1) is 0 Å². The second-order valence-electron chi connectivity index (χ2n) is 8.20. The van der Waals surface area contributed by atoms with Crippen molar-refractivity contribution in [2.75, 3.05) is 18.4 Å². The molecule has 7 nitrogen and oxygen atoms in total. The van der Waals surface area contributed by atoms with Crippen LogP contribution < -0.4 is 11.1 Å². The topological polar surface area (TPSA) is 112 Å². The average molecular weight is 431 g/mol. The number of pyridine rings is 1. The monoisotopic (exact) mass is 430 g/mol. The van der Waals surface area contributed by atoms with E-state index in [9.17, 15) is 15.0 Å². The summed E-state index contributed by atoms with van der Waals surface area (Å²) in [6.07, 6.45) is 5.25. The Bertz CT molecular complexity index is 948. The van der Waals surface area contributed by atoms with Crippen molar-refractivity contribution in [3.05, 3.63) is 51.7 Å². The fourth-order valence-corrected chi connectivity index (χ4v) is 4.49. The van der Waals surface area contributed by atoms with Crippen molar-refractivity contribution >= 4 is 23.3 Å². The number of carbonyl (C=O) groups excluding carboxylic acids is 1. The Labute approximate surface area is 180 Å². The van der Waals surface area contributed by atoms with Crippen molar-refractivity contribution in [2.45, 2.75) is 50.8 Å². The molecular formula is C22H27ClN4O3. The molecule has 1 fully saturated rings. The van der Waals surface area contributed by atoms with Crippen LogP contribution in [0.15, 0.2) is 24.4 Å². The van der Waals surface area contributed by atoms with Gasteiger partial charge in [-0.05, 0) is 48.9 Å². The Morgan fingerprint density at radius 3 is 2.87 bits per heavy atom. The van der Waals surface area contributed by atoms with Crippen LogP contribution in [-0.4, -0.2) is 51.2 Å². The molecule has 0 unspecified atom stereocenters. The molecule has 4 rings (SSSR count). The summed E-state index contributed by atoms with van der Waals surface area (Å²) in [4.78, 5) is 18.5. The molecule has 2 heterocycles. The first-order valence-corrected chi connectivity index (χ1v) is 10.7. The number of phenolic OH excluding ortho intramolecular Hbond substituents is 1. The van der Waals surface area contributed by atoms with Crippen molar-refractivity contribution in [3.63, 3.8) is 0 Å². The number of anilines is 1. The third-order valence-electron chi connectivity index (χ3n) is 6.07. The highest BCUT2D eigenvalue weighted by Gasteiger charge is 2.25. The molecule has 0 radical (unpaired) electrons. The van der Waals surface area contributed by atoms with E-state index in [0.717, 1.165) is 30.5 Å². The highest BCUT2D eigenvalue weighted by atomic mass is 35.5. The summed E-state index contributed by atoms with van der Waals surface area (Å²) in [5, 5.41) is 24.4. The van der Waals surface area contributed by atoms with Crippen LogP contribution in [-0.2, 0) is 19.4 Å². The molecule has 30 heavy (non-hydrogen) atoms. The molecule has 2 aromatic rings. The van der Waals surface area contributed by atoms with E-state index >= 15 is 0 Å². The SMILES string of the molecule is NC(=O)c1ccnc(NC2CCC2)c1C[C@H](O)CN1CCc2c(ccc(O)c2Cl)C1. The van der Waals surface area contributed by atoms with Gasteiger partial charge < -0.3 is 21.3 Å². The van der Waals surface area contributed by atoms with Crippen molar-refractivity contribution < 1.29 is 15.0 Å². The number of aliphatic hydroxyl groups excluding tert-OH is 1. The van der Waals surface area contributed by atoms with E-state index in [1.54, 1.807) is 18.3 Å². The maximum atomic E-state index is 12.0. The number of β-amino-alcohol motifs (C(OH)–C–C–N with tert-alkyl or cyclic N) is 1. The molecule has 2 aliphatic rings. The minimum absolute atomic E-state index is 0.103. The van der Waals surface area contributed by atoms with Gasteiger partial charge in [0, 0.05) is 49.4 Å². The molecule has 1 saturated carbocycles. The summed E-state index contributed by atoms with van der Waals surface area (Å²) in [7, 11) is 0. The summed E-state index contributed by atoms with van der Waals surface area (Å²) in [6, 6.07) is 5.45. The zero-order valence-corrected chi connectivity index (χ0v) is 17.5. The maximum Gasteiger partial charge on any atom is 0.249 e. The summed E-state index contributed by atoms with van der Waals surface area (Å²) < 4.78 is 0. The molecule has 1 aliphatic carbocycles. The van der Waals surface area contributed by atoms with Gasteiger partial charge in [0.1, 0.15) is 11.6 Å². The predicted molar refractivity (Wildman–Crippen MR) is 116 cm³/mol. The van der Waals surface area contributed by atoms with Gasteiger partial charge in [-0.2, -0.15) is 0 Å². The Morgan fingerprint density at radius 1 is 1.37 bits per heavy atom. The minimum Gasteiger partial charge on any atom is -0.506 e. The van der Waals surface area contributed by atoms with Crippen LogP contribution in [0.25, 0.3) is 0 Å². The number of phenols is 1. The lowest BCUT2D eigenvalue weighted by molar-refractivity contribution is 0.0989. The van der Waals surface area contributed by atoms with E-state index < -0.39 is 12.0 Å². The van der Waals surface area contributed by atoms with E-state index in [2.05, 4.69) is 15.2 Å². The number of hydrogen-bond donors (Lipinski definition) is 4. The van der Waals surface area contributed by atoms with Crippen LogP contribution in [0.2, 0.25) is 5.02 Å². The van der Waals surface area contributed by atoms with Gasteiger partial charge in [-0.1, -0.05) is 17.7 Å². The fourth-order valence-electron chi connectivity index (χ4n) is 4.21. The van der Waals surface area contributed by atoms with Gasteiger partial charge in [0.05, 0.1) is 11.1 Å². The van der Waals surface area contributed by atoms with Gasteiger partial charge in [0.2, 0.25) is 5.91 Å². The first-order chi connectivity index (χ1) is 14.4. The number of rotatable bonds is 7. The second kappa shape index (κ2) is 8.79. The summed E-state index contributed by atoms with van der Waals surface area (Å²) >= 11 is 6.22. The van der Waals surface area contributed by atoms with E-state index in [1.807, 2.05) is 6.07 Å². The molecule has 1 atom stereocenters. The normalized spacial score (nSPS) is 17.8. The third kappa shape index (κ3) is 4.38. The van der Waals surface area contributed by atoms with Crippen LogP contribution in [0.1, 0.15) is 46.3 Å². The quantitative estimate of drug-likeness (QED) is 0.537. The summed E-state index contributed by atoms with van der Waals surface area (Å²) in [5.74, 6) is 0.227. The Hall–Kier alpha value is -2.35. The fraction of sp³-hybridized carbons (Fsp3) is 0.455. The van der Waals surface area contributed by atoms with E-state index in [0.29, 0.717) is 53.9 Å². The van der Waals surface area contributed by atoms with Crippen molar-refractivity contribution in [1.29, 1.82) is 0 Å². The molecule has 0 saturated heterocycles. The van der Waals surface area contributed by atoms with Gasteiger partial charge >= 0.3 is 0 Å². The number of nitrogens with one attached hydrogen (secondary N) is 1. The average Bonchev–Trinajstić information content (AvgIpc) is 2.68. The van der Waals surface area contributed by atoms with Gasteiger partial charge in [0.15, 0.2) is 0 Å². The van der Waals surface area contributed by atoms with Gasteiger partial charge in [-0.25, -0.2) is 4.98 Å². The first-order valence-electron chi connectivity index (χ1n) is 10.4. The molecule has 1 aromatic carbocycles. The number of nitrogens with zero attached hydrogens (tertiary/aromatic N) is 2. The van der Waals surface area contributed by atoms with Crippen LogP contribution >= 0.6 is 11.6 Å². The number of benzene rings is 1.